The average Bonchev–Trinajstić information content (AvgIpc) is 1.72. The fourth-order valence-corrected chi connectivity index (χ4v) is 1.06. The Bertz CT molecular complexity index is 35.0. The van der Waals surface area contributed by atoms with E-state index >= 15 is 0 Å². The summed E-state index contributed by atoms with van der Waals surface area (Å²) in [4.78, 5) is 0. The van der Waals surface area contributed by atoms with E-state index in [-0.39, 0.29) is 52.6 Å². The Labute approximate surface area is 90.8 Å². The molecular weight excluding hydrogens is 122 g/mol. The smallest absolute Gasteiger partial charge is 1.00 e. The minimum absolute atomic E-state index is 0. The van der Waals surface area contributed by atoms with Crippen LogP contribution in [0.4, 0.5) is 0 Å². The molecule has 0 aromatic heterocycles. The van der Waals surface area contributed by atoms with Gasteiger partial charge in [0.2, 0.25) is 0 Å². The zero-order valence-corrected chi connectivity index (χ0v) is 7.24. The van der Waals surface area contributed by atoms with Crippen LogP contribution in [0.1, 0.15) is 44.2 Å². The van der Waals surface area contributed by atoms with Crippen molar-refractivity contribution in [2.45, 2.75) is 38.5 Å². The number of hydrogen-bond donors (Lipinski definition) is 0. The van der Waals surface area contributed by atoms with Crippen molar-refractivity contribution in [1.29, 1.82) is 0 Å². The van der Waals surface area contributed by atoms with Crippen molar-refractivity contribution in [1.82, 2.24) is 0 Å². The van der Waals surface area contributed by atoms with E-state index in [2.05, 4.69) is 0 Å². The monoisotopic (exact) mass is 144 g/mol. The van der Waals surface area contributed by atoms with Gasteiger partial charge in [0.1, 0.15) is 0 Å². The third-order valence-corrected chi connectivity index (χ3v) is 1.50. The first-order chi connectivity index (χ1) is 3.00. The van der Waals surface area contributed by atoms with Crippen LogP contribution in [0.15, 0.2) is 0 Å². The minimum Gasteiger partial charge on any atom is -1.00 e. The van der Waals surface area contributed by atoms with Crippen molar-refractivity contribution in [3.05, 3.63) is 0 Å². The van der Waals surface area contributed by atoms with Gasteiger partial charge < -0.3 is 1.43 Å². The second-order valence-electron chi connectivity index (χ2n) is 2.12. The Morgan fingerprint density at radius 1 is 0.750 bits per heavy atom. The van der Waals surface area contributed by atoms with Gasteiger partial charge in [0, 0.05) is 4.28 Å². The largest absolute Gasteiger partial charge is 1.00 e. The summed E-state index contributed by atoms with van der Waals surface area (Å²) in [5.41, 5.74) is 0. The van der Waals surface area contributed by atoms with E-state index in [4.69, 9.17) is 0 Å². The van der Waals surface area contributed by atoms with Crippen LogP contribution < -0.4 is 29.6 Å². The van der Waals surface area contributed by atoms with Crippen molar-refractivity contribution < 1.29 is 35.3 Å². The number of hydrogen-bond acceptors (Lipinski definition) is 0. The molecule has 8 heavy (non-hydrogen) atoms. The SMILES string of the molecule is C1CCCCC1.[AlH3].[H-].[HH].[HH].[HH].[Na+]. The molecule has 0 aliphatic heterocycles. The summed E-state index contributed by atoms with van der Waals surface area (Å²) in [5.74, 6) is 0. The maximum absolute atomic E-state index is 1.50. The predicted molar refractivity (Wildman–Crippen MR) is 45.1 cm³/mol. The van der Waals surface area contributed by atoms with Gasteiger partial charge in [-0.25, -0.2) is 0 Å². The van der Waals surface area contributed by atoms with E-state index in [1.54, 1.807) is 0 Å². The van der Waals surface area contributed by atoms with Crippen molar-refractivity contribution in [3.8, 4) is 0 Å². The summed E-state index contributed by atoms with van der Waals surface area (Å²) < 4.78 is 0. The van der Waals surface area contributed by atoms with Crippen LogP contribution in [0.2, 0.25) is 0 Å². The van der Waals surface area contributed by atoms with Gasteiger partial charge >= 0.3 is 29.6 Å². The van der Waals surface area contributed by atoms with Gasteiger partial charge in [-0.2, -0.15) is 0 Å². The molecule has 0 saturated heterocycles. The van der Waals surface area contributed by atoms with Crippen LogP contribution in [-0.4, -0.2) is 17.4 Å². The summed E-state index contributed by atoms with van der Waals surface area (Å²) in [7, 11) is 0. The topological polar surface area (TPSA) is 0 Å². The first-order valence-corrected chi connectivity index (χ1v) is 3.00. The second-order valence-corrected chi connectivity index (χ2v) is 2.12. The molecule has 1 fully saturated rings. The Morgan fingerprint density at radius 2 is 0.875 bits per heavy atom. The third-order valence-electron chi connectivity index (χ3n) is 1.50. The van der Waals surface area contributed by atoms with Crippen LogP contribution in [-0.2, 0) is 0 Å². The van der Waals surface area contributed by atoms with Crippen molar-refractivity contribution in [3.63, 3.8) is 0 Å². The van der Waals surface area contributed by atoms with Crippen molar-refractivity contribution >= 4 is 17.4 Å². The summed E-state index contributed by atoms with van der Waals surface area (Å²) in [6.07, 6.45) is 9.00. The van der Waals surface area contributed by atoms with Crippen LogP contribution in [0.3, 0.4) is 0 Å². The molecule has 1 rings (SSSR count). The Morgan fingerprint density at radius 3 is 1.00 bits per heavy atom. The quantitative estimate of drug-likeness (QED) is 0.383. The molecule has 1 saturated carbocycles. The summed E-state index contributed by atoms with van der Waals surface area (Å²) >= 11 is 0. The Balaban J connectivity index is -0.0000000150. The van der Waals surface area contributed by atoms with Crippen LogP contribution in [0.25, 0.3) is 0 Å². The van der Waals surface area contributed by atoms with Gasteiger partial charge in [-0.1, -0.05) is 38.5 Å². The molecule has 0 unspecified atom stereocenters. The van der Waals surface area contributed by atoms with Crippen molar-refractivity contribution in [2.24, 2.45) is 0 Å². The first kappa shape index (κ1) is 12.2. The molecule has 0 atom stereocenters. The van der Waals surface area contributed by atoms with E-state index in [1.807, 2.05) is 0 Å². The van der Waals surface area contributed by atoms with E-state index in [1.165, 1.54) is 38.5 Å². The molecule has 50 valence electrons. The standard InChI is InChI=1S/C6H12.Al.Na.3H2.4H/c1-2-4-6-5-3-1;;;;;;;;;/h1-6H2;;;3*1H;;;;/q;;+1;;;;;;;-1. The Kier molecular flexibility index (Phi) is 13.0. The Hall–Kier alpha value is 1.53. The molecule has 1 aliphatic rings. The van der Waals surface area contributed by atoms with E-state index in [0.29, 0.717) is 0 Å². The molecule has 0 aromatic carbocycles. The third kappa shape index (κ3) is 5.67. The summed E-state index contributed by atoms with van der Waals surface area (Å²) in [6, 6.07) is 0. The molecule has 0 heterocycles. The molecule has 2 heteroatoms. The van der Waals surface area contributed by atoms with Crippen LogP contribution in [0.5, 0.6) is 0 Å². The van der Waals surface area contributed by atoms with E-state index in [0.717, 1.165) is 0 Å². The molecule has 0 bridgehead atoms. The van der Waals surface area contributed by atoms with E-state index in [9.17, 15) is 0 Å². The fraction of sp³-hybridized carbons (Fsp3) is 1.00. The predicted octanol–water partition coefficient (Wildman–Crippen LogP) is -0.989. The molecular formula is C6H22AlNa. The fourth-order valence-electron chi connectivity index (χ4n) is 1.06. The van der Waals surface area contributed by atoms with E-state index < -0.39 is 0 Å². The van der Waals surface area contributed by atoms with Crippen LogP contribution >= 0.6 is 0 Å². The number of rotatable bonds is 0. The van der Waals surface area contributed by atoms with Gasteiger partial charge in [-0.05, 0) is 0 Å². The van der Waals surface area contributed by atoms with Gasteiger partial charge in [0.25, 0.3) is 0 Å². The molecule has 0 N–H and O–H groups in total. The van der Waals surface area contributed by atoms with Gasteiger partial charge in [-0.15, -0.1) is 0 Å². The van der Waals surface area contributed by atoms with Crippen molar-refractivity contribution in [2.75, 3.05) is 0 Å². The molecule has 1 aliphatic carbocycles. The molecule has 0 nitrogen and oxygen atoms in total. The maximum atomic E-state index is 1.50. The maximum Gasteiger partial charge on any atom is 1.00 e. The minimum atomic E-state index is 0. The summed E-state index contributed by atoms with van der Waals surface area (Å²) in [6.45, 7) is 0. The molecule has 0 aromatic rings. The zero-order valence-electron chi connectivity index (χ0n) is 6.24. The summed E-state index contributed by atoms with van der Waals surface area (Å²) in [5, 5.41) is 0. The second kappa shape index (κ2) is 8.53. The van der Waals surface area contributed by atoms with Gasteiger partial charge in [0.05, 0.1) is 0 Å². The normalized spacial score (nSPS) is 18.0. The first-order valence-electron chi connectivity index (χ1n) is 3.00. The molecule has 0 radical (unpaired) electrons. The molecule has 0 amide bonds. The van der Waals surface area contributed by atoms with Gasteiger partial charge in [-0.3, -0.25) is 0 Å². The van der Waals surface area contributed by atoms with Crippen LogP contribution in [0, 0.1) is 0 Å². The van der Waals surface area contributed by atoms with Gasteiger partial charge in [0.15, 0.2) is 17.4 Å². The zero-order chi connectivity index (χ0) is 4.24. The molecule has 0 spiro atoms. The average molecular weight is 144 g/mol.